The molecule has 0 spiro atoms. The third kappa shape index (κ3) is 8.24. The summed E-state index contributed by atoms with van der Waals surface area (Å²) in [6.45, 7) is 11.0. The lowest BCUT2D eigenvalue weighted by Crippen LogP contribution is -2.46. The predicted octanol–water partition coefficient (Wildman–Crippen LogP) is 2.80. The molecule has 32 heavy (non-hydrogen) atoms. The number of hydrogen-bond acceptors (Lipinski definition) is 6. The summed E-state index contributed by atoms with van der Waals surface area (Å²) in [5, 5.41) is 17.4. The van der Waals surface area contributed by atoms with E-state index in [1.165, 1.54) is 0 Å². The van der Waals surface area contributed by atoms with Crippen molar-refractivity contribution >= 4 is 29.9 Å². The van der Waals surface area contributed by atoms with Gasteiger partial charge in [0.1, 0.15) is 0 Å². The van der Waals surface area contributed by atoms with Gasteiger partial charge in [-0.2, -0.15) is 0 Å². The Morgan fingerprint density at radius 1 is 1.12 bits per heavy atom. The Hall–Kier alpha value is -1.30. The Morgan fingerprint density at radius 2 is 1.78 bits per heavy atom. The van der Waals surface area contributed by atoms with E-state index in [0.29, 0.717) is 37.6 Å². The molecule has 1 aromatic rings. The number of benzene rings is 1. The molecule has 1 fully saturated rings. The van der Waals surface area contributed by atoms with Gasteiger partial charge in [-0.3, -0.25) is 9.89 Å². The molecule has 0 saturated carbocycles. The van der Waals surface area contributed by atoms with Gasteiger partial charge in [-0.25, -0.2) is 0 Å². The van der Waals surface area contributed by atoms with E-state index in [-0.39, 0.29) is 30.0 Å². The van der Waals surface area contributed by atoms with Gasteiger partial charge in [0.05, 0.1) is 45.6 Å². The number of guanidine groups is 1. The van der Waals surface area contributed by atoms with E-state index in [2.05, 4.69) is 26.6 Å². The molecule has 0 aliphatic carbocycles. The molecule has 1 aliphatic heterocycles. The van der Waals surface area contributed by atoms with Crippen molar-refractivity contribution in [3.63, 3.8) is 0 Å². The van der Waals surface area contributed by atoms with Gasteiger partial charge in [0, 0.05) is 26.2 Å². The molecule has 1 heterocycles. The molecule has 1 saturated heterocycles. The molecule has 3 N–H and O–H groups in total. The van der Waals surface area contributed by atoms with Crippen LogP contribution in [0.3, 0.4) is 0 Å². The van der Waals surface area contributed by atoms with Crippen molar-refractivity contribution in [3.8, 4) is 11.5 Å². The van der Waals surface area contributed by atoms with E-state index in [1.54, 1.807) is 14.2 Å². The van der Waals surface area contributed by atoms with Crippen molar-refractivity contribution in [2.75, 3.05) is 60.2 Å². The van der Waals surface area contributed by atoms with Crippen LogP contribution < -0.4 is 20.1 Å². The summed E-state index contributed by atoms with van der Waals surface area (Å²) >= 11 is 0. The largest absolute Gasteiger partial charge is 0.493 e. The maximum Gasteiger partial charge on any atom is 0.191 e. The van der Waals surface area contributed by atoms with Gasteiger partial charge in [-0.1, -0.05) is 19.9 Å². The molecule has 1 aliphatic rings. The van der Waals surface area contributed by atoms with Crippen LogP contribution in [0.1, 0.15) is 45.2 Å². The minimum absolute atomic E-state index is 0. The Bertz CT molecular complexity index is 695. The number of morpholine rings is 1. The molecule has 1 aromatic carbocycles. The first kappa shape index (κ1) is 28.7. The summed E-state index contributed by atoms with van der Waals surface area (Å²) in [5.41, 5.74) is 0.372. The second-order valence-corrected chi connectivity index (χ2v) is 7.79. The fourth-order valence-corrected chi connectivity index (χ4v) is 3.64. The minimum Gasteiger partial charge on any atom is -0.493 e. The van der Waals surface area contributed by atoms with Crippen LogP contribution in [0.5, 0.6) is 11.5 Å². The quantitative estimate of drug-likeness (QED) is 0.217. The van der Waals surface area contributed by atoms with Crippen molar-refractivity contribution in [1.29, 1.82) is 0 Å². The molecule has 1 unspecified atom stereocenters. The molecule has 0 amide bonds. The van der Waals surface area contributed by atoms with Crippen LogP contribution in [-0.4, -0.2) is 81.7 Å². The molecule has 9 heteroatoms. The molecule has 8 nitrogen and oxygen atoms in total. The van der Waals surface area contributed by atoms with Crippen molar-refractivity contribution in [1.82, 2.24) is 15.5 Å². The SMILES string of the molecule is CCNC(=NCC(O)(CC)CC)NCC(c1ccc(OC)c(OC)c1)N1CCOCC1.I. The van der Waals surface area contributed by atoms with E-state index in [9.17, 15) is 5.11 Å². The Morgan fingerprint density at radius 3 is 2.34 bits per heavy atom. The van der Waals surface area contributed by atoms with Crippen LogP contribution in [0.4, 0.5) is 0 Å². The summed E-state index contributed by atoms with van der Waals surface area (Å²) in [6, 6.07) is 6.19. The molecule has 0 aromatic heterocycles. The number of methoxy groups -OCH3 is 2. The average Bonchev–Trinajstić information content (AvgIpc) is 2.82. The molecule has 0 bridgehead atoms. The summed E-state index contributed by atoms with van der Waals surface area (Å²) in [6.07, 6.45) is 1.35. The summed E-state index contributed by atoms with van der Waals surface area (Å²) in [7, 11) is 3.30. The second kappa shape index (κ2) is 14.8. The molecular formula is C23H41IN4O4. The normalized spacial score (nSPS) is 16.1. The summed E-state index contributed by atoms with van der Waals surface area (Å²) < 4.78 is 16.5. The predicted molar refractivity (Wildman–Crippen MR) is 140 cm³/mol. The highest BCUT2D eigenvalue weighted by molar-refractivity contribution is 14.0. The summed E-state index contributed by atoms with van der Waals surface area (Å²) in [4.78, 5) is 7.07. The van der Waals surface area contributed by atoms with Crippen molar-refractivity contribution in [3.05, 3.63) is 23.8 Å². The van der Waals surface area contributed by atoms with Crippen molar-refractivity contribution < 1.29 is 19.3 Å². The molecule has 0 radical (unpaired) electrons. The topological polar surface area (TPSA) is 87.6 Å². The number of ether oxygens (including phenoxy) is 3. The minimum atomic E-state index is -0.769. The lowest BCUT2D eigenvalue weighted by atomic mass is 9.98. The maximum absolute atomic E-state index is 10.6. The first-order valence-electron chi connectivity index (χ1n) is 11.3. The van der Waals surface area contributed by atoms with E-state index < -0.39 is 5.60 Å². The Balaban J connectivity index is 0.00000512. The highest BCUT2D eigenvalue weighted by atomic mass is 127. The van der Waals surface area contributed by atoms with Gasteiger partial charge in [-0.15, -0.1) is 24.0 Å². The number of rotatable bonds is 11. The van der Waals surface area contributed by atoms with Crippen LogP contribution in [0.15, 0.2) is 23.2 Å². The lowest BCUT2D eigenvalue weighted by molar-refractivity contribution is 0.0169. The van der Waals surface area contributed by atoms with E-state index >= 15 is 0 Å². The van der Waals surface area contributed by atoms with Crippen molar-refractivity contribution in [2.45, 2.75) is 45.3 Å². The van der Waals surface area contributed by atoms with Gasteiger partial charge in [0.2, 0.25) is 0 Å². The van der Waals surface area contributed by atoms with Gasteiger partial charge >= 0.3 is 0 Å². The standard InChI is InChI=1S/C23H40N4O4.HI/c1-6-23(28,7-2)17-26-22(24-8-3)25-16-19(27-11-13-31-14-12-27)18-9-10-20(29-4)21(15-18)30-5;/h9-10,15,19,28H,6-8,11-14,16-17H2,1-5H3,(H2,24,25,26);1H. The van der Waals surface area contributed by atoms with Crippen LogP contribution in [-0.2, 0) is 4.74 Å². The first-order valence-corrected chi connectivity index (χ1v) is 11.3. The molecule has 1 atom stereocenters. The third-order valence-corrected chi connectivity index (χ3v) is 5.93. The second-order valence-electron chi connectivity index (χ2n) is 7.79. The maximum atomic E-state index is 10.6. The highest BCUT2D eigenvalue weighted by Crippen LogP contribution is 2.32. The number of aliphatic imine (C=N–C) groups is 1. The molecule has 2 rings (SSSR count). The monoisotopic (exact) mass is 564 g/mol. The molecule has 184 valence electrons. The van der Waals surface area contributed by atoms with E-state index in [0.717, 1.165) is 44.2 Å². The number of aliphatic hydroxyl groups is 1. The third-order valence-electron chi connectivity index (χ3n) is 5.93. The van der Waals surface area contributed by atoms with Crippen LogP contribution in [0.25, 0.3) is 0 Å². The lowest BCUT2D eigenvalue weighted by Gasteiger charge is -2.35. The van der Waals surface area contributed by atoms with E-state index in [4.69, 9.17) is 14.2 Å². The molecular weight excluding hydrogens is 523 g/mol. The van der Waals surface area contributed by atoms with Gasteiger partial charge in [0.15, 0.2) is 17.5 Å². The van der Waals surface area contributed by atoms with Crippen LogP contribution in [0.2, 0.25) is 0 Å². The van der Waals surface area contributed by atoms with Gasteiger partial charge in [-0.05, 0) is 37.5 Å². The average molecular weight is 565 g/mol. The van der Waals surface area contributed by atoms with E-state index in [1.807, 2.05) is 32.9 Å². The number of nitrogens with zero attached hydrogens (tertiary/aromatic N) is 2. The zero-order valence-corrected chi connectivity index (χ0v) is 22.5. The van der Waals surface area contributed by atoms with Crippen molar-refractivity contribution in [2.24, 2.45) is 4.99 Å². The van der Waals surface area contributed by atoms with Crippen LogP contribution >= 0.6 is 24.0 Å². The highest BCUT2D eigenvalue weighted by Gasteiger charge is 2.25. The smallest absolute Gasteiger partial charge is 0.191 e. The van der Waals surface area contributed by atoms with Gasteiger partial charge in [0.25, 0.3) is 0 Å². The Kier molecular flexibility index (Phi) is 13.3. The van der Waals surface area contributed by atoms with Crippen LogP contribution in [0, 0.1) is 0 Å². The zero-order chi connectivity index (χ0) is 22.7. The zero-order valence-electron chi connectivity index (χ0n) is 20.1. The fourth-order valence-electron chi connectivity index (χ4n) is 3.64. The number of hydrogen-bond donors (Lipinski definition) is 3. The summed E-state index contributed by atoms with van der Waals surface area (Å²) in [5.74, 6) is 2.14. The van der Waals surface area contributed by atoms with Gasteiger partial charge < -0.3 is 30.0 Å². The number of halogens is 1. The Labute approximate surface area is 210 Å². The number of nitrogens with one attached hydrogen (secondary N) is 2. The fraction of sp³-hybridized carbons (Fsp3) is 0.696. The first-order chi connectivity index (χ1) is 15.0.